The summed E-state index contributed by atoms with van der Waals surface area (Å²) in [5, 5.41) is 9.75. The lowest BCUT2D eigenvalue weighted by molar-refractivity contribution is -0.134. The second-order valence-corrected chi connectivity index (χ2v) is 6.72. The largest absolute Gasteiger partial charge is 0.391 e. The number of amides is 1. The molecule has 0 spiro atoms. The topological polar surface area (TPSA) is 58.4 Å². The number of carbonyl (C=O) groups excluding carboxylic acids is 1. The number of hydrogen-bond acceptors (Lipinski definition) is 3. The molecule has 134 valence electrons. The molecule has 26 heavy (non-hydrogen) atoms. The molecular formula is C20H20FN3O2. The molecule has 1 aliphatic rings. The van der Waals surface area contributed by atoms with Crippen LogP contribution in [0.1, 0.15) is 12.8 Å². The van der Waals surface area contributed by atoms with Crippen LogP contribution in [0.2, 0.25) is 0 Å². The highest BCUT2D eigenvalue weighted by Crippen LogP contribution is 2.24. The van der Waals surface area contributed by atoms with E-state index in [0.717, 1.165) is 35.0 Å². The molecule has 1 amide bonds. The molecule has 0 unspecified atom stereocenters. The molecule has 1 N–H and O–H groups in total. The van der Waals surface area contributed by atoms with Gasteiger partial charge >= 0.3 is 0 Å². The predicted molar refractivity (Wildman–Crippen MR) is 96.9 cm³/mol. The van der Waals surface area contributed by atoms with E-state index in [0.29, 0.717) is 13.1 Å². The molecule has 2 aromatic carbocycles. The van der Waals surface area contributed by atoms with E-state index in [2.05, 4.69) is 4.98 Å². The van der Waals surface area contributed by atoms with Crippen molar-refractivity contribution < 1.29 is 14.3 Å². The minimum atomic E-state index is -0.425. The summed E-state index contributed by atoms with van der Waals surface area (Å²) >= 11 is 0. The first-order chi connectivity index (χ1) is 12.6. The summed E-state index contributed by atoms with van der Waals surface area (Å²) in [7, 11) is 0. The van der Waals surface area contributed by atoms with Crippen molar-refractivity contribution in [3.05, 3.63) is 54.6 Å². The number of aromatic nitrogens is 2. The molecule has 0 aliphatic carbocycles. The number of carbonyl (C=O) groups is 1. The van der Waals surface area contributed by atoms with E-state index >= 15 is 0 Å². The van der Waals surface area contributed by atoms with Crippen LogP contribution >= 0.6 is 0 Å². The Morgan fingerprint density at radius 1 is 1.19 bits per heavy atom. The molecule has 1 saturated heterocycles. The number of aliphatic hydroxyl groups excluding tert-OH is 1. The number of imidazole rings is 1. The quantitative estimate of drug-likeness (QED) is 0.788. The van der Waals surface area contributed by atoms with Crippen molar-refractivity contribution in [2.24, 2.45) is 0 Å². The maximum absolute atomic E-state index is 13.1. The van der Waals surface area contributed by atoms with Crippen LogP contribution in [-0.2, 0) is 11.3 Å². The van der Waals surface area contributed by atoms with E-state index in [1.807, 2.05) is 22.8 Å². The highest BCUT2D eigenvalue weighted by molar-refractivity contribution is 5.84. The fourth-order valence-corrected chi connectivity index (χ4v) is 3.44. The second kappa shape index (κ2) is 6.88. The van der Waals surface area contributed by atoms with Crippen LogP contribution in [0.5, 0.6) is 0 Å². The number of β-amino-alcohol motifs (C(OH)–C–C–N with tert-alkyl or cyclic N) is 1. The van der Waals surface area contributed by atoms with Gasteiger partial charge in [-0.2, -0.15) is 0 Å². The number of hydrogen-bond donors (Lipinski definition) is 1. The van der Waals surface area contributed by atoms with Gasteiger partial charge in [-0.3, -0.25) is 4.79 Å². The van der Waals surface area contributed by atoms with E-state index in [4.69, 9.17) is 0 Å². The van der Waals surface area contributed by atoms with Gasteiger partial charge in [0.15, 0.2) is 0 Å². The lowest BCUT2D eigenvalue weighted by Gasteiger charge is -2.30. The molecule has 1 atom stereocenters. The van der Waals surface area contributed by atoms with Gasteiger partial charge < -0.3 is 14.6 Å². The van der Waals surface area contributed by atoms with Gasteiger partial charge in [-0.1, -0.05) is 18.2 Å². The van der Waals surface area contributed by atoms with Gasteiger partial charge in [-0.15, -0.1) is 0 Å². The van der Waals surface area contributed by atoms with Crippen LogP contribution in [0.15, 0.2) is 48.8 Å². The Labute approximate surface area is 150 Å². The molecule has 5 nitrogen and oxygen atoms in total. The molecule has 1 aliphatic heterocycles. The summed E-state index contributed by atoms with van der Waals surface area (Å²) < 4.78 is 14.9. The average Bonchev–Trinajstić information content (AvgIpc) is 3.04. The minimum absolute atomic E-state index is 0.00865. The van der Waals surface area contributed by atoms with E-state index in [1.165, 1.54) is 12.1 Å². The number of piperidine rings is 1. The Morgan fingerprint density at radius 3 is 2.73 bits per heavy atom. The minimum Gasteiger partial charge on any atom is -0.391 e. The normalized spacial score (nSPS) is 17.6. The molecule has 0 bridgehead atoms. The lowest BCUT2D eigenvalue weighted by atomic mass is 10.1. The number of benzene rings is 2. The predicted octanol–water partition coefficient (Wildman–Crippen LogP) is 2.83. The number of nitrogens with zero attached hydrogens (tertiary/aromatic N) is 3. The van der Waals surface area contributed by atoms with Gasteiger partial charge in [0, 0.05) is 13.1 Å². The van der Waals surface area contributed by atoms with Crippen molar-refractivity contribution in [1.82, 2.24) is 14.5 Å². The molecule has 3 aromatic rings. The molecule has 0 saturated carbocycles. The number of halogens is 1. The van der Waals surface area contributed by atoms with Crippen molar-refractivity contribution in [3.8, 4) is 11.1 Å². The average molecular weight is 353 g/mol. The Kier molecular flexibility index (Phi) is 4.42. The number of likely N-dealkylation sites (tertiary alicyclic amines) is 1. The van der Waals surface area contributed by atoms with Crippen molar-refractivity contribution in [2.75, 3.05) is 13.1 Å². The fraction of sp³-hybridized carbons (Fsp3) is 0.300. The fourth-order valence-electron chi connectivity index (χ4n) is 3.44. The van der Waals surface area contributed by atoms with Gasteiger partial charge in [0.1, 0.15) is 12.4 Å². The van der Waals surface area contributed by atoms with Crippen LogP contribution in [0, 0.1) is 5.82 Å². The molecular weight excluding hydrogens is 333 g/mol. The molecule has 4 rings (SSSR count). The summed E-state index contributed by atoms with van der Waals surface area (Å²) in [5.74, 6) is -0.272. The van der Waals surface area contributed by atoms with Gasteiger partial charge in [-0.05, 0) is 48.2 Å². The first kappa shape index (κ1) is 16.7. The molecule has 0 radical (unpaired) electrons. The van der Waals surface area contributed by atoms with Crippen LogP contribution in [0.25, 0.3) is 22.2 Å². The number of rotatable bonds is 3. The Bertz CT molecular complexity index is 936. The van der Waals surface area contributed by atoms with E-state index < -0.39 is 6.10 Å². The van der Waals surface area contributed by atoms with Gasteiger partial charge in [0.05, 0.1) is 23.5 Å². The van der Waals surface area contributed by atoms with Crippen molar-refractivity contribution in [1.29, 1.82) is 0 Å². The third-order valence-electron chi connectivity index (χ3n) is 4.85. The Balaban J connectivity index is 1.55. The second-order valence-electron chi connectivity index (χ2n) is 6.72. The zero-order chi connectivity index (χ0) is 18.1. The number of aliphatic hydroxyl groups is 1. The van der Waals surface area contributed by atoms with Crippen molar-refractivity contribution in [3.63, 3.8) is 0 Å². The van der Waals surface area contributed by atoms with Crippen LogP contribution < -0.4 is 0 Å². The maximum atomic E-state index is 13.1. The van der Waals surface area contributed by atoms with E-state index in [9.17, 15) is 14.3 Å². The molecule has 6 heteroatoms. The summed E-state index contributed by atoms with van der Waals surface area (Å²) in [6.45, 7) is 1.30. The standard InChI is InChI=1S/C20H20FN3O2/c21-16-6-3-14(4-7-16)15-5-8-19-18(10-15)22-13-24(19)12-20(26)23-9-1-2-17(25)11-23/h3-8,10,13,17,25H,1-2,9,11-12H2/t17-/m1/s1. The summed E-state index contributed by atoms with van der Waals surface area (Å²) in [4.78, 5) is 18.6. The number of fused-ring (bicyclic) bond motifs is 1. The van der Waals surface area contributed by atoms with E-state index in [-0.39, 0.29) is 18.3 Å². The summed E-state index contributed by atoms with van der Waals surface area (Å²) in [6.07, 6.45) is 2.82. The zero-order valence-electron chi connectivity index (χ0n) is 14.3. The highest BCUT2D eigenvalue weighted by atomic mass is 19.1. The summed E-state index contributed by atoms with van der Waals surface area (Å²) in [6, 6.07) is 12.2. The van der Waals surface area contributed by atoms with Crippen molar-refractivity contribution >= 4 is 16.9 Å². The smallest absolute Gasteiger partial charge is 0.242 e. The highest BCUT2D eigenvalue weighted by Gasteiger charge is 2.22. The third kappa shape index (κ3) is 3.32. The summed E-state index contributed by atoms with van der Waals surface area (Å²) in [5.41, 5.74) is 3.54. The van der Waals surface area contributed by atoms with Crippen molar-refractivity contribution in [2.45, 2.75) is 25.5 Å². The first-order valence-electron chi connectivity index (χ1n) is 8.77. The molecule has 1 fully saturated rings. The monoisotopic (exact) mass is 353 g/mol. The Hall–Kier alpha value is -2.73. The van der Waals surface area contributed by atoms with E-state index in [1.54, 1.807) is 23.4 Å². The van der Waals surface area contributed by atoms with Crippen LogP contribution in [-0.4, -0.2) is 44.7 Å². The molecule has 2 heterocycles. The van der Waals surface area contributed by atoms with Gasteiger partial charge in [0.2, 0.25) is 5.91 Å². The first-order valence-corrected chi connectivity index (χ1v) is 8.77. The lowest BCUT2D eigenvalue weighted by Crippen LogP contribution is -2.43. The molecule has 1 aromatic heterocycles. The third-order valence-corrected chi connectivity index (χ3v) is 4.85. The zero-order valence-corrected chi connectivity index (χ0v) is 14.3. The SMILES string of the molecule is O=C(Cn1cnc2cc(-c3ccc(F)cc3)ccc21)N1CCC[C@@H](O)C1. The maximum Gasteiger partial charge on any atom is 0.242 e. The van der Waals surface area contributed by atoms with Gasteiger partial charge in [0.25, 0.3) is 0 Å². The Morgan fingerprint density at radius 2 is 1.96 bits per heavy atom. The van der Waals surface area contributed by atoms with Gasteiger partial charge in [-0.25, -0.2) is 9.37 Å². The van der Waals surface area contributed by atoms with Crippen LogP contribution in [0.4, 0.5) is 4.39 Å². The van der Waals surface area contributed by atoms with Crippen LogP contribution in [0.3, 0.4) is 0 Å².